The number of carbonyl (C=O) groups is 4. The summed E-state index contributed by atoms with van der Waals surface area (Å²) in [6, 6.07) is -3.50. The summed E-state index contributed by atoms with van der Waals surface area (Å²) in [7, 11) is 0. The van der Waals surface area contributed by atoms with E-state index >= 15 is 0 Å². The van der Waals surface area contributed by atoms with Gasteiger partial charge in [0.2, 0.25) is 18.2 Å². The van der Waals surface area contributed by atoms with Gasteiger partial charge in [0.15, 0.2) is 0 Å². The molecule has 8 nitrogen and oxygen atoms in total. The summed E-state index contributed by atoms with van der Waals surface area (Å²) in [5.41, 5.74) is 0. The van der Waals surface area contributed by atoms with Gasteiger partial charge in [-0.1, -0.05) is 41.5 Å². The maximum absolute atomic E-state index is 12.9. The van der Waals surface area contributed by atoms with E-state index in [9.17, 15) is 28.0 Å². The molecule has 10 heteroatoms. The summed E-state index contributed by atoms with van der Waals surface area (Å²) in [6.07, 6.45) is -2.59. The number of amides is 2. The third-order valence-corrected chi connectivity index (χ3v) is 4.48. The number of hydrogen-bond acceptors (Lipinski definition) is 5. The molecule has 0 heterocycles. The summed E-state index contributed by atoms with van der Waals surface area (Å²) in [5, 5.41) is 16.7. The molecule has 0 saturated heterocycles. The van der Waals surface area contributed by atoms with E-state index < -0.39 is 54.5 Å². The van der Waals surface area contributed by atoms with Crippen LogP contribution in [-0.2, 0) is 19.2 Å². The van der Waals surface area contributed by atoms with Crippen LogP contribution in [0.3, 0.4) is 0 Å². The molecule has 0 saturated carbocycles. The van der Waals surface area contributed by atoms with Gasteiger partial charge >= 0.3 is 5.97 Å². The minimum absolute atomic E-state index is 0.0175. The topological polar surface area (TPSA) is 125 Å². The van der Waals surface area contributed by atoms with Gasteiger partial charge in [-0.25, -0.2) is 13.6 Å². The number of carboxylic acid groups (broad SMARTS) is 1. The SMILES string of the molecule is CC(C)CC[C@H](NC(C)C)C(=O)N[C@@H](CC(C)C)C(=O)NC(CC(F)F)C(=O)C(=O)O. The predicted octanol–water partition coefficient (Wildman–Crippen LogP) is 2.11. The number of Topliss-reactive ketones (excluding diaryl/α,β-unsaturated/α-hetero) is 1. The van der Waals surface area contributed by atoms with Crippen LogP contribution in [0.5, 0.6) is 0 Å². The molecule has 4 N–H and O–H groups in total. The Morgan fingerprint density at radius 2 is 1.26 bits per heavy atom. The second-order valence-electron chi connectivity index (χ2n) is 8.89. The van der Waals surface area contributed by atoms with E-state index in [0.29, 0.717) is 12.3 Å². The number of carboxylic acids is 1. The second kappa shape index (κ2) is 14.1. The third kappa shape index (κ3) is 12.4. The smallest absolute Gasteiger partial charge is 0.374 e. The molecule has 0 aromatic carbocycles. The number of hydrogen-bond donors (Lipinski definition) is 4. The first-order valence-corrected chi connectivity index (χ1v) is 10.7. The molecule has 31 heavy (non-hydrogen) atoms. The molecule has 0 aliphatic rings. The lowest BCUT2D eigenvalue weighted by Gasteiger charge is -2.27. The maximum Gasteiger partial charge on any atom is 0.374 e. The molecule has 0 aromatic rings. The number of rotatable bonds is 15. The van der Waals surface area contributed by atoms with Crippen LogP contribution >= 0.6 is 0 Å². The largest absolute Gasteiger partial charge is 0.475 e. The summed E-state index contributed by atoms with van der Waals surface area (Å²) in [5.74, 6) is -4.38. The summed E-state index contributed by atoms with van der Waals surface area (Å²) >= 11 is 0. The van der Waals surface area contributed by atoms with Gasteiger partial charge in [0.05, 0.1) is 6.04 Å². The van der Waals surface area contributed by atoms with Crippen LogP contribution < -0.4 is 16.0 Å². The Labute approximate surface area is 182 Å². The first kappa shape index (κ1) is 28.9. The van der Waals surface area contributed by atoms with Crippen molar-refractivity contribution < 1.29 is 33.1 Å². The molecule has 0 rings (SSSR count). The van der Waals surface area contributed by atoms with Crippen molar-refractivity contribution in [2.24, 2.45) is 11.8 Å². The zero-order valence-corrected chi connectivity index (χ0v) is 19.2. The fraction of sp³-hybridized carbons (Fsp3) is 0.810. The molecular weight excluding hydrogens is 412 g/mol. The Morgan fingerprint density at radius 1 is 0.742 bits per heavy atom. The maximum atomic E-state index is 12.9. The van der Waals surface area contributed by atoms with Crippen molar-refractivity contribution in [1.82, 2.24) is 16.0 Å². The van der Waals surface area contributed by atoms with Crippen molar-refractivity contribution in [3.8, 4) is 0 Å². The number of alkyl halides is 2. The summed E-state index contributed by atoms with van der Waals surface area (Å²) in [4.78, 5) is 48.2. The quantitative estimate of drug-likeness (QED) is 0.284. The normalized spacial score (nSPS) is 14.6. The highest BCUT2D eigenvalue weighted by atomic mass is 19.3. The lowest BCUT2D eigenvalue weighted by molar-refractivity contribution is -0.151. The van der Waals surface area contributed by atoms with Crippen LogP contribution in [0.2, 0.25) is 0 Å². The van der Waals surface area contributed by atoms with E-state index in [1.165, 1.54) is 0 Å². The van der Waals surface area contributed by atoms with Crippen LogP contribution in [0.1, 0.15) is 67.2 Å². The third-order valence-electron chi connectivity index (χ3n) is 4.48. The zero-order chi connectivity index (χ0) is 24.3. The molecule has 180 valence electrons. The first-order valence-electron chi connectivity index (χ1n) is 10.7. The van der Waals surface area contributed by atoms with Crippen molar-refractivity contribution in [2.75, 3.05) is 0 Å². The monoisotopic (exact) mass is 449 g/mol. The highest BCUT2D eigenvalue weighted by molar-refractivity contribution is 6.35. The minimum atomic E-state index is -2.98. The Kier molecular flexibility index (Phi) is 13.1. The molecule has 0 aliphatic carbocycles. The van der Waals surface area contributed by atoms with Gasteiger partial charge in [0.25, 0.3) is 5.78 Å². The molecule has 3 atom stereocenters. The van der Waals surface area contributed by atoms with Gasteiger partial charge in [0, 0.05) is 12.5 Å². The lowest BCUT2D eigenvalue weighted by atomic mass is 9.99. The summed E-state index contributed by atoms with van der Waals surface area (Å²) in [6.45, 7) is 11.5. The Balaban J connectivity index is 5.47. The minimum Gasteiger partial charge on any atom is -0.475 e. The van der Waals surface area contributed by atoms with Crippen LogP contribution in [-0.4, -0.2) is 59.3 Å². The first-order chi connectivity index (χ1) is 14.2. The van der Waals surface area contributed by atoms with Crippen LogP contribution in [0.15, 0.2) is 0 Å². The molecule has 0 aliphatic heterocycles. The second-order valence-corrected chi connectivity index (χ2v) is 8.89. The number of nitrogens with one attached hydrogen (secondary N) is 3. The predicted molar refractivity (Wildman–Crippen MR) is 113 cm³/mol. The highest BCUT2D eigenvalue weighted by Crippen LogP contribution is 2.12. The number of ketones is 1. The van der Waals surface area contributed by atoms with E-state index in [4.69, 9.17) is 5.11 Å². The van der Waals surface area contributed by atoms with Gasteiger partial charge in [-0.15, -0.1) is 0 Å². The molecule has 0 fully saturated rings. The fourth-order valence-corrected chi connectivity index (χ4v) is 3.00. The molecule has 1 unspecified atom stereocenters. The van der Waals surface area contributed by atoms with Gasteiger partial charge in [-0.2, -0.15) is 0 Å². The highest BCUT2D eigenvalue weighted by Gasteiger charge is 2.33. The Hall–Kier alpha value is -2.10. The van der Waals surface area contributed by atoms with E-state index in [-0.39, 0.29) is 18.4 Å². The molecule has 0 aromatic heterocycles. The lowest BCUT2D eigenvalue weighted by Crippen LogP contribution is -2.56. The average molecular weight is 450 g/mol. The summed E-state index contributed by atoms with van der Waals surface area (Å²) < 4.78 is 25.6. The van der Waals surface area contributed by atoms with Crippen LogP contribution in [0.25, 0.3) is 0 Å². The molecule has 2 amide bonds. The molecule has 0 radical (unpaired) electrons. The fourth-order valence-electron chi connectivity index (χ4n) is 3.00. The zero-order valence-electron chi connectivity index (χ0n) is 19.2. The number of aliphatic carboxylic acids is 1. The number of halogens is 2. The van der Waals surface area contributed by atoms with Gasteiger partial charge in [-0.3, -0.25) is 14.4 Å². The van der Waals surface area contributed by atoms with Crippen LogP contribution in [0, 0.1) is 11.8 Å². The van der Waals surface area contributed by atoms with Crippen molar-refractivity contribution >= 4 is 23.6 Å². The van der Waals surface area contributed by atoms with Crippen LogP contribution in [0.4, 0.5) is 8.78 Å². The van der Waals surface area contributed by atoms with Gasteiger partial charge < -0.3 is 21.1 Å². The Morgan fingerprint density at radius 3 is 1.68 bits per heavy atom. The standard InChI is InChI=1S/C21H37F2N3O5/c1-11(2)7-8-14(24-13(5)6)19(28)26-16(9-12(3)4)20(29)25-15(10-17(22)23)18(27)21(30)31/h11-17,24H,7-10H2,1-6H3,(H,25,29)(H,26,28)(H,30,31)/t14-,15?,16-/m0/s1. The van der Waals surface area contributed by atoms with E-state index in [0.717, 1.165) is 6.42 Å². The van der Waals surface area contributed by atoms with Crippen molar-refractivity contribution in [3.63, 3.8) is 0 Å². The van der Waals surface area contributed by atoms with Crippen molar-refractivity contribution in [1.29, 1.82) is 0 Å². The van der Waals surface area contributed by atoms with Crippen molar-refractivity contribution in [2.45, 2.75) is 97.8 Å². The van der Waals surface area contributed by atoms with Gasteiger partial charge in [-0.05, 0) is 31.1 Å². The average Bonchev–Trinajstić information content (AvgIpc) is 2.61. The van der Waals surface area contributed by atoms with E-state index in [1.54, 1.807) is 0 Å². The van der Waals surface area contributed by atoms with Gasteiger partial charge in [0.1, 0.15) is 12.1 Å². The Bertz CT molecular complexity index is 612. The van der Waals surface area contributed by atoms with E-state index in [2.05, 4.69) is 16.0 Å². The molecular formula is C21H37F2N3O5. The molecule has 0 bridgehead atoms. The van der Waals surface area contributed by atoms with E-state index in [1.807, 2.05) is 41.5 Å². The number of carbonyl (C=O) groups excluding carboxylic acids is 3. The molecule has 0 spiro atoms. The van der Waals surface area contributed by atoms with Crippen molar-refractivity contribution in [3.05, 3.63) is 0 Å².